The van der Waals surface area contributed by atoms with Gasteiger partial charge in [-0.15, -0.1) is 10.2 Å². The molecule has 4 rings (SSSR count). The Morgan fingerprint density at radius 2 is 1.89 bits per heavy atom. The molecular weight excluding hydrogens is 392 g/mol. The van der Waals surface area contributed by atoms with Gasteiger partial charge in [0.25, 0.3) is 0 Å². The summed E-state index contributed by atoms with van der Waals surface area (Å²) in [4.78, 5) is 12.5. The summed E-state index contributed by atoms with van der Waals surface area (Å²) in [6, 6.07) is 14.0. The molecule has 0 aliphatic heterocycles. The SMILES string of the molecule is Cc1cc(C)c(NC(=O)CSc2nnc3cc(C)c4ccccc4n23)c(Cl)c1. The fourth-order valence-electron chi connectivity index (χ4n) is 3.35. The highest BCUT2D eigenvalue weighted by atomic mass is 35.5. The van der Waals surface area contributed by atoms with Gasteiger partial charge in [0, 0.05) is 5.39 Å². The van der Waals surface area contributed by atoms with Crippen LogP contribution in [0.4, 0.5) is 5.69 Å². The van der Waals surface area contributed by atoms with Crippen LogP contribution in [-0.2, 0) is 4.79 Å². The minimum Gasteiger partial charge on any atom is -0.324 e. The maximum atomic E-state index is 12.5. The van der Waals surface area contributed by atoms with Crippen molar-refractivity contribution in [2.24, 2.45) is 0 Å². The number of hydrogen-bond acceptors (Lipinski definition) is 4. The highest BCUT2D eigenvalue weighted by molar-refractivity contribution is 7.99. The number of benzene rings is 2. The molecule has 28 heavy (non-hydrogen) atoms. The number of halogens is 1. The van der Waals surface area contributed by atoms with Crippen LogP contribution in [-0.4, -0.2) is 26.3 Å². The first-order valence-corrected chi connectivity index (χ1v) is 10.2. The van der Waals surface area contributed by atoms with Gasteiger partial charge in [-0.2, -0.15) is 0 Å². The van der Waals surface area contributed by atoms with Crippen LogP contribution in [0.5, 0.6) is 0 Å². The molecule has 5 nitrogen and oxygen atoms in total. The Hall–Kier alpha value is -2.57. The molecule has 0 aliphatic rings. The quantitative estimate of drug-likeness (QED) is 0.470. The molecule has 2 heterocycles. The lowest BCUT2D eigenvalue weighted by molar-refractivity contribution is -0.113. The molecule has 2 aromatic heterocycles. The van der Waals surface area contributed by atoms with E-state index >= 15 is 0 Å². The van der Waals surface area contributed by atoms with E-state index in [1.807, 2.05) is 54.6 Å². The largest absolute Gasteiger partial charge is 0.324 e. The van der Waals surface area contributed by atoms with E-state index in [0.29, 0.717) is 15.9 Å². The van der Waals surface area contributed by atoms with Crippen LogP contribution in [0.1, 0.15) is 16.7 Å². The topological polar surface area (TPSA) is 59.3 Å². The fourth-order valence-corrected chi connectivity index (χ4v) is 4.47. The predicted octanol–water partition coefficient (Wildman–Crippen LogP) is 5.19. The average Bonchev–Trinajstić information content (AvgIpc) is 3.06. The molecule has 2 aromatic carbocycles. The number of fused-ring (bicyclic) bond motifs is 3. The van der Waals surface area contributed by atoms with Crippen molar-refractivity contribution in [2.45, 2.75) is 25.9 Å². The molecule has 0 aliphatic carbocycles. The van der Waals surface area contributed by atoms with Crippen LogP contribution < -0.4 is 5.32 Å². The Morgan fingerprint density at radius 3 is 2.68 bits per heavy atom. The van der Waals surface area contributed by atoms with Crippen molar-refractivity contribution in [3.63, 3.8) is 0 Å². The Labute approximate surface area is 172 Å². The molecule has 4 aromatic rings. The Kier molecular flexibility index (Phi) is 5.00. The van der Waals surface area contributed by atoms with Crippen LogP contribution in [0.25, 0.3) is 16.6 Å². The maximum Gasteiger partial charge on any atom is 0.234 e. The molecule has 1 amide bonds. The molecule has 0 fully saturated rings. The number of aromatic nitrogens is 3. The van der Waals surface area contributed by atoms with Crippen molar-refractivity contribution in [3.05, 3.63) is 64.2 Å². The van der Waals surface area contributed by atoms with Crippen molar-refractivity contribution in [1.82, 2.24) is 14.6 Å². The van der Waals surface area contributed by atoms with Gasteiger partial charge < -0.3 is 5.32 Å². The minimum absolute atomic E-state index is 0.132. The average molecular weight is 411 g/mol. The summed E-state index contributed by atoms with van der Waals surface area (Å²) >= 11 is 7.64. The van der Waals surface area contributed by atoms with Gasteiger partial charge in [0.2, 0.25) is 5.91 Å². The van der Waals surface area contributed by atoms with Crippen molar-refractivity contribution in [1.29, 1.82) is 0 Å². The van der Waals surface area contributed by atoms with Gasteiger partial charge in [-0.3, -0.25) is 9.20 Å². The standard InChI is InChI=1S/C21H19ClN4OS/c1-12-8-14(3)20(16(22)9-12)23-19(27)11-28-21-25-24-18-10-13(2)15-6-4-5-7-17(15)26(18)21/h4-10H,11H2,1-3H3,(H,23,27). The number of nitrogens with one attached hydrogen (secondary N) is 1. The fraction of sp³-hybridized carbons (Fsp3) is 0.190. The van der Waals surface area contributed by atoms with E-state index in [-0.39, 0.29) is 11.7 Å². The van der Waals surface area contributed by atoms with Gasteiger partial charge in [-0.25, -0.2) is 0 Å². The Bertz CT molecular complexity index is 1190. The van der Waals surface area contributed by atoms with E-state index in [4.69, 9.17) is 11.6 Å². The summed E-state index contributed by atoms with van der Waals surface area (Å²) in [6.07, 6.45) is 0. The van der Waals surface area contributed by atoms with Gasteiger partial charge >= 0.3 is 0 Å². The van der Waals surface area contributed by atoms with E-state index in [1.54, 1.807) is 0 Å². The van der Waals surface area contributed by atoms with Crippen molar-refractivity contribution < 1.29 is 4.79 Å². The zero-order chi connectivity index (χ0) is 19.8. The highest BCUT2D eigenvalue weighted by Crippen LogP contribution is 2.29. The second kappa shape index (κ2) is 7.45. The molecule has 0 spiro atoms. The van der Waals surface area contributed by atoms with Crippen molar-refractivity contribution >= 4 is 51.5 Å². The molecule has 0 unspecified atom stereocenters. The third-order valence-electron chi connectivity index (χ3n) is 4.60. The summed E-state index contributed by atoms with van der Waals surface area (Å²) in [5, 5.41) is 13.8. The van der Waals surface area contributed by atoms with Crippen molar-refractivity contribution in [2.75, 3.05) is 11.1 Å². The van der Waals surface area contributed by atoms with Gasteiger partial charge in [-0.1, -0.05) is 47.6 Å². The lowest BCUT2D eigenvalue weighted by Crippen LogP contribution is -2.15. The van der Waals surface area contributed by atoms with E-state index in [0.717, 1.165) is 33.2 Å². The zero-order valence-corrected chi connectivity index (χ0v) is 17.4. The predicted molar refractivity (Wildman–Crippen MR) is 116 cm³/mol. The summed E-state index contributed by atoms with van der Waals surface area (Å²) in [6.45, 7) is 5.97. The molecule has 1 N–H and O–H groups in total. The monoisotopic (exact) mass is 410 g/mol. The van der Waals surface area contributed by atoms with Crippen LogP contribution in [0.3, 0.4) is 0 Å². The number of amides is 1. The third kappa shape index (κ3) is 3.45. The van der Waals surface area contributed by atoms with E-state index in [1.165, 1.54) is 11.8 Å². The van der Waals surface area contributed by atoms with Crippen molar-refractivity contribution in [3.8, 4) is 0 Å². The molecule has 142 valence electrons. The van der Waals surface area contributed by atoms with Gasteiger partial charge in [-0.05, 0) is 55.7 Å². The summed E-state index contributed by atoms with van der Waals surface area (Å²) in [5.41, 5.74) is 5.61. The second-order valence-corrected chi connectivity index (χ2v) is 8.15. The van der Waals surface area contributed by atoms with E-state index in [2.05, 4.69) is 28.5 Å². The third-order valence-corrected chi connectivity index (χ3v) is 5.83. The lowest BCUT2D eigenvalue weighted by Gasteiger charge is -2.11. The van der Waals surface area contributed by atoms with E-state index < -0.39 is 0 Å². The first-order valence-electron chi connectivity index (χ1n) is 8.87. The smallest absolute Gasteiger partial charge is 0.234 e. The normalized spacial score (nSPS) is 11.3. The van der Waals surface area contributed by atoms with Gasteiger partial charge in [0.1, 0.15) is 0 Å². The molecule has 0 saturated carbocycles. The first kappa shape index (κ1) is 18.8. The summed E-state index contributed by atoms with van der Waals surface area (Å²) in [5.74, 6) is 0.0825. The number of aryl methyl sites for hydroxylation is 3. The van der Waals surface area contributed by atoms with Crippen LogP contribution in [0.2, 0.25) is 5.02 Å². The molecular formula is C21H19ClN4OS. The lowest BCUT2D eigenvalue weighted by atomic mass is 10.1. The second-order valence-electron chi connectivity index (χ2n) is 6.80. The van der Waals surface area contributed by atoms with E-state index in [9.17, 15) is 4.79 Å². The number of carbonyl (C=O) groups is 1. The van der Waals surface area contributed by atoms with Crippen LogP contribution in [0.15, 0.2) is 47.6 Å². The number of hydrogen-bond donors (Lipinski definition) is 1. The number of thioether (sulfide) groups is 1. The number of rotatable bonds is 4. The van der Waals surface area contributed by atoms with Crippen LogP contribution >= 0.6 is 23.4 Å². The van der Waals surface area contributed by atoms with Gasteiger partial charge in [0.15, 0.2) is 10.8 Å². The summed E-state index contributed by atoms with van der Waals surface area (Å²) < 4.78 is 1.99. The molecule has 0 radical (unpaired) electrons. The molecule has 0 bridgehead atoms. The number of anilines is 1. The number of pyridine rings is 1. The minimum atomic E-state index is -0.132. The van der Waals surface area contributed by atoms with Crippen LogP contribution in [0, 0.1) is 20.8 Å². The molecule has 7 heteroatoms. The van der Waals surface area contributed by atoms with Gasteiger partial charge in [0.05, 0.1) is 22.0 Å². The Morgan fingerprint density at radius 1 is 1.11 bits per heavy atom. The zero-order valence-electron chi connectivity index (χ0n) is 15.8. The number of nitrogens with zero attached hydrogens (tertiary/aromatic N) is 3. The molecule has 0 atom stereocenters. The number of para-hydroxylation sites is 1. The highest BCUT2D eigenvalue weighted by Gasteiger charge is 2.14. The number of carbonyl (C=O) groups excluding carboxylic acids is 1. The molecule has 0 saturated heterocycles. The first-order chi connectivity index (χ1) is 13.4. The maximum absolute atomic E-state index is 12.5. The Balaban J connectivity index is 1.58. The summed E-state index contributed by atoms with van der Waals surface area (Å²) in [7, 11) is 0.